The second-order valence-corrected chi connectivity index (χ2v) is 4.71. The highest BCUT2D eigenvalue weighted by Gasteiger charge is 1.99. The van der Waals surface area contributed by atoms with Crippen LogP contribution in [0.25, 0.3) is 5.57 Å². The standard InChI is InChI=1S/C15H21Cl/c1-3-4-5-6-7-9-13(2)14-10-8-11-15(16)12-14/h8,10-12H,2-7,9H2,1H3. The van der Waals surface area contributed by atoms with Crippen molar-refractivity contribution in [3.05, 3.63) is 41.4 Å². The monoisotopic (exact) mass is 236 g/mol. The predicted octanol–water partition coefficient (Wildman–Crippen LogP) is 5.71. The molecule has 0 heterocycles. The van der Waals surface area contributed by atoms with Crippen molar-refractivity contribution in [2.24, 2.45) is 0 Å². The van der Waals surface area contributed by atoms with E-state index < -0.39 is 0 Å². The summed E-state index contributed by atoms with van der Waals surface area (Å²) in [5, 5.41) is 0.796. The fraction of sp³-hybridized carbons (Fsp3) is 0.467. The molecule has 1 heteroatoms. The summed E-state index contributed by atoms with van der Waals surface area (Å²) in [5.74, 6) is 0. The maximum Gasteiger partial charge on any atom is 0.0412 e. The van der Waals surface area contributed by atoms with Gasteiger partial charge in [-0.05, 0) is 36.1 Å². The van der Waals surface area contributed by atoms with Crippen LogP contribution in [-0.2, 0) is 0 Å². The van der Waals surface area contributed by atoms with Crippen molar-refractivity contribution >= 4 is 17.2 Å². The van der Waals surface area contributed by atoms with Gasteiger partial charge in [-0.1, -0.05) is 62.9 Å². The molecule has 0 aliphatic carbocycles. The number of hydrogen-bond acceptors (Lipinski definition) is 0. The average Bonchev–Trinajstić information content (AvgIpc) is 2.28. The van der Waals surface area contributed by atoms with Gasteiger partial charge in [0.2, 0.25) is 0 Å². The summed E-state index contributed by atoms with van der Waals surface area (Å²) in [6.45, 7) is 6.37. The van der Waals surface area contributed by atoms with E-state index in [4.69, 9.17) is 11.6 Å². The molecule has 0 atom stereocenters. The van der Waals surface area contributed by atoms with E-state index in [1.807, 2.05) is 18.2 Å². The Kier molecular flexibility index (Phi) is 6.25. The highest BCUT2D eigenvalue weighted by molar-refractivity contribution is 6.30. The minimum atomic E-state index is 0.796. The van der Waals surface area contributed by atoms with Crippen molar-refractivity contribution in [1.82, 2.24) is 0 Å². The van der Waals surface area contributed by atoms with Crippen molar-refractivity contribution in [2.45, 2.75) is 45.4 Å². The maximum atomic E-state index is 5.95. The summed E-state index contributed by atoms with van der Waals surface area (Å²) in [6.07, 6.45) is 7.64. The van der Waals surface area contributed by atoms with Crippen LogP contribution in [-0.4, -0.2) is 0 Å². The zero-order valence-electron chi connectivity index (χ0n) is 10.1. The van der Waals surface area contributed by atoms with Crippen molar-refractivity contribution in [1.29, 1.82) is 0 Å². The molecule has 0 unspecified atom stereocenters. The molecule has 0 aliphatic heterocycles. The highest BCUT2D eigenvalue weighted by Crippen LogP contribution is 2.22. The van der Waals surface area contributed by atoms with Gasteiger partial charge in [0.05, 0.1) is 0 Å². The average molecular weight is 237 g/mol. The number of unbranched alkanes of at least 4 members (excludes halogenated alkanes) is 4. The van der Waals surface area contributed by atoms with Crippen LogP contribution >= 0.6 is 11.6 Å². The Morgan fingerprint density at radius 3 is 2.62 bits per heavy atom. The van der Waals surface area contributed by atoms with E-state index in [0.29, 0.717) is 0 Å². The van der Waals surface area contributed by atoms with Crippen LogP contribution in [0, 0.1) is 0 Å². The Morgan fingerprint density at radius 2 is 1.94 bits per heavy atom. The lowest BCUT2D eigenvalue weighted by atomic mass is 10.0. The molecular weight excluding hydrogens is 216 g/mol. The molecule has 0 fully saturated rings. The summed E-state index contributed by atoms with van der Waals surface area (Å²) >= 11 is 5.95. The zero-order valence-corrected chi connectivity index (χ0v) is 10.9. The molecule has 0 nitrogen and oxygen atoms in total. The summed E-state index contributed by atoms with van der Waals surface area (Å²) in [4.78, 5) is 0. The van der Waals surface area contributed by atoms with Crippen LogP contribution in [0.15, 0.2) is 30.8 Å². The smallest absolute Gasteiger partial charge is 0.0412 e. The van der Waals surface area contributed by atoms with Gasteiger partial charge in [-0.3, -0.25) is 0 Å². The van der Waals surface area contributed by atoms with E-state index >= 15 is 0 Å². The molecule has 0 spiro atoms. The third-order valence-electron chi connectivity index (χ3n) is 2.81. The van der Waals surface area contributed by atoms with Gasteiger partial charge in [-0.25, -0.2) is 0 Å². The normalized spacial score (nSPS) is 10.4. The van der Waals surface area contributed by atoms with Crippen LogP contribution in [0.3, 0.4) is 0 Å². The lowest BCUT2D eigenvalue weighted by Crippen LogP contribution is -1.84. The Labute approximate surface area is 104 Å². The number of allylic oxidation sites excluding steroid dienone is 1. The molecule has 1 aromatic rings. The van der Waals surface area contributed by atoms with Gasteiger partial charge in [-0.2, -0.15) is 0 Å². The minimum absolute atomic E-state index is 0.796. The van der Waals surface area contributed by atoms with Gasteiger partial charge >= 0.3 is 0 Å². The second kappa shape index (κ2) is 7.51. The Bertz CT molecular complexity index is 328. The first kappa shape index (κ1) is 13.3. The molecule has 0 saturated heterocycles. The fourth-order valence-corrected chi connectivity index (χ4v) is 1.98. The summed E-state index contributed by atoms with van der Waals surface area (Å²) in [6, 6.07) is 7.97. The van der Waals surface area contributed by atoms with Crippen LogP contribution in [0.1, 0.15) is 51.0 Å². The second-order valence-electron chi connectivity index (χ2n) is 4.28. The summed E-state index contributed by atoms with van der Waals surface area (Å²) < 4.78 is 0. The molecule has 0 radical (unpaired) electrons. The molecular formula is C15H21Cl. The predicted molar refractivity (Wildman–Crippen MR) is 73.9 cm³/mol. The van der Waals surface area contributed by atoms with Crippen molar-refractivity contribution in [3.63, 3.8) is 0 Å². The first-order valence-corrected chi connectivity index (χ1v) is 6.55. The van der Waals surface area contributed by atoms with E-state index in [1.165, 1.54) is 43.2 Å². The quantitative estimate of drug-likeness (QED) is 0.532. The van der Waals surface area contributed by atoms with Gasteiger partial charge < -0.3 is 0 Å². The van der Waals surface area contributed by atoms with Crippen molar-refractivity contribution < 1.29 is 0 Å². The molecule has 0 aromatic heterocycles. The number of hydrogen-bond donors (Lipinski definition) is 0. The minimum Gasteiger partial charge on any atom is -0.0952 e. The van der Waals surface area contributed by atoms with Crippen LogP contribution in [0.5, 0.6) is 0 Å². The fourth-order valence-electron chi connectivity index (χ4n) is 1.79. The van der Waals surface area contributed by atoms with E-state index in [1.54, 1.807) is 0 Å². The lowest BCUT2D eigenvalue weighted by molar-refractivity contribution is 0.640. The van der Waals surface area contributed by atoms with E-state index in [0.717, 1.165) is 11.4 Å². The van der Waals surface area contributed by atoms with Crippen LogP contribution in [0.4, 0.5) is 0 Å². The third kappa shape index (κ3) is 4.85. The van der Waals surface area contributed by atoms with Crippen LogP contribution < -0.4 is 0 Å². The van der Waals surface area contributed by atoms with E-state index in [9.17, 15) is 0 Å². The first-order valence-electron chi connectivity index (χ1n) is 6.17. The Hall–Kier alpha value is -0.750. The highest BCUT2D eigenvalue weighted by atomic mass is 35.5. The van der Waals surface area contributed by atoms with Gasteiger partial charge in [0.25, 0.3) is 0 Å². The molecule has 0 aliphatic rings. The molecule has 88 valence electrons. The van der Waals surface area contributed by atoms with Crippen molar-refractivity contribution in [2.75, 3.05) is 0 Å². The SMILES string of the molecule is C=C(CCCCCCC)c1cccc(Cl)c1. The van der Waals surface area contributed by atoms with Crippen LogP contribution in [0.2, 0.25) is 5.02 Å². The topological polar surface area (TPSA) is 0 Å². The molecule has 1 rings (SSSR count). The summed E-state index contributed by atoms with van der Waals surface area (Å²) in [5.41, 5.74) is 2.39. The van der Waals surface area contributed by atoms with Gasteiger partial charge in [-0.15, -0.1) is 0 Å². The molecule has 0 amide bonds. The number of halogens is 1. The van der Waals surface area contributed by atoms with E-state index in [2.05, 4.69) is 19.6 Å². The van der Waals surface area contributed by atoms with Crippen molar-refractivity contribution in [3.8, 4) is 0 Å². The van der Waals surface area contributed by atoms with Gasteiger partial charge in [0.1, 0.15) is 0 Å². The maximum absolute atomic E-state index is 5.95. The number of rotatable bonds is 7. The molecule has 0 saturated carbocycles. The number of benzene rings is 1. The van der Waals surface area contributed by atoms with Gasteiger partial charge in [0.15, 0.2) is 0 Å². The lowest BCUT2D eigenvalue weighted by Gasteiger charge is -2.06. The van der Waals surface area contributed by atoms with E-state index in [-0.39, 0.29) is 0 Å². The Balaban J connectivity index is 2.30. The molecule has 0 bridgehead atoms. The first-order chi connectivity index (χ1) is 7.74. The van der Waals surface area contributed by atoms with Gasteiger partial charge in [0, 0.05) is 5.02 Å². The molecule has 0 N–H and O–H groups in total. The largest absolute Gasteiger partial charge is 0.0952 e. The Morgan fingerprint density at radius 1 is 1.19 bits per heavy atom. The third-order valence-corrected chi connectivity index (χ3v) is 3.05. The zero-order chi connectivity index (χ0) is 11.8. The summed E-state index contributed by atoms with van der Waals surface area (Å²) in [7, 11) is 0. The molecule has 16 heavy (non-hydrogen) atoms. The molecule has 1 aromatic carbocycles.